The molecule has 0 saturated carbocycles. The Hall–Kier alpha value is -2.37. The van der Waals surface area contributed by atoms with Crippen LogP contribution in [0.15, 0.2) is 35.6 Å². The van der Waals surface area contributed by atoms with Crippen molar-refractivity contribution in [3.05, 3.63) is 47.8 Å². The summed E-state index contributed by atoms with van der Waals surface area (Å²) in [6.07, 6.45) is 3.42. The van der Waals surface area contributed by atoms with Gasteiger partial charge in [-0.3, -0.25) is 0 Å². The van der Waals surface area contributed by atoms with Crippen LogP contribution in [-0.2, 0) is 6.54 Å². The van der Waals surface area contributed by atoms with Crippen LogP contribution in [0.3, 0.4) is 0 Å². The molecule has 0 radical (unpaired) electrons. The second-order valence-corrected chi connectivity index (χ2v) is 6.50. The monoisotopic (exact) mass is 345 g/mol. The molecule has 0 bridgehead atoms. The molecule has 1 unspecified atom stereocenters. The minimum atomic E-state index is -0.276. The molecule has 0 spiro atoms. The lowest BCUT2D eigenvalue weighted by molar-refractivity contribution is 0.481. The van der Waals surface area contributed by atoms with E-state index in [1.807, 2.05) is 19.9 Å². The highest BCUT2D eigenvalue weighted by Gasteiger charge is 2.10. The Labute approximate surface area is 149 Å². The smallest absolute Gasteiger partial charge is 0.191 e. The molecular weight excluding hydrogens is 317 g/mol. The summed E-state index contributed by atoms with van der Waals surface area (Å²) in [6, 6.07) is 5.51. The summed E-state index contributed by atoms with van der Waals surface area (Å²) >= 11 is 0. The molecule has 1 heterocycles. The summed E-state index contributed by atoms with van der Waals surface area (Å²) in [5.41, 5.74) is 1.33. The van der Waals surface area contributed by atoms with Crippen LogP contribution in [0.5, 0.6) is 0 Å². The summed E-state index contributed by atoms with van der Waals surface area (Å²) in [7, 11) is 0. The van der Waals surface area contributed by atoms with Crippen molar-refractivity contribution in [2.24, 2.45) is 10.9 Å². The van der Waals surface area contributed by atoms with Crippen LogP contribution in [0, 0.1) is 18.7 Å². The third-order valence-electron chi connectivity index (χ3n) is 4.23. The fraction of sp³-hybridized carbons (Fsp3) is 0.474. The molecule has 0 saturated heterocycles. The largest absolute Gasteiger partial charge is 0.357 e. The average molecular weight is 345 g/mol. The van der Waals surface area contributed by atoms with Gasteiger partial charge < -0.3 is 15.2 Å². The molecule has 0 fully saturated rings. The molecule has 0 aliphatic heterocycles. The zero-order valence-electron chi connectivity index (χ0n) is 15.7. The van der Waals surface area contributed by atoms with Crippen LogP contribution in [0.2, 0.25) is 0 Å². The molecule has 0 amide bonds. The normalized spacial score (nSPS) is 13.2. The lowest BCUT2D eigenvalue weighted by Crippen LogP contribution is -2.44. The lowest BCUT2D eigenvalue weighted by atomic mass is 10.1. The molecule has 1 aromatic carbocycles. The zero-order valence-corrected chi connectivity index (χ0v) is 15.7. The van der Waals surface area contributed by atoms with Gasteiger partial charge >= 0.3 is 0 Å². The van der Waals surface area contributed by atoms with E-state index < -0.39 is 0 Å². The number of nitrogens with zero attached hydrogens (tertiary/aromatic N) is 3. The lowest BCUT2D eigenvalue weighted by Gasteiger charge is -2.20. The molecule has 136 valence electrons. The topological polar surface area (TPSA) is 54.2 Å². The highest BCUT2D eigenvalue weighted by molar-refractivity contribution is 5.80. The molecule has 1 atom stereocenters. The summed E-state index contributed by atoms with van der Waals surface area (Å²) in [6.45, 7) is 11.5. The number of benzene rings is 1. The van der Waals surface area contributed by atoms with E-state index >= 15 is 0 Å². The van der Waals surface area contributed by atoms with E-state index in [2.05, 4.69) is 41.4 Å². The molecule has 25 heavy (non-hydrogen) atoms. The Morgan fingerprint density at radius 1 is 1.32 bits per heavy atom. The molecule has 5 nitrogen and oxygen atoms in total. The van der Waals surface area contributed by atoms with Gasteiger partial charge in [0.25, 0.3) is 0 Å². The quantitative estimate of drug-likeness (QED) is 0.623. The molecule has 2 N–H and O–H groups in total. The molecule has 0 aliphatic carbocycles. The van der Waals surface area contributed by atoms with Gasteiger partial charge in [0.1, 0.15) is 11.6 Å². The Morgan fingerprint density at radius 2 is 2.08 bits per heavy atom. The summed E-state index contributed by atoms with van der Waals surface area (Å²) in [4.78, 5) is 8.70. The number of rotatable bonds is 6. The van der Waals surface area contributed by atoms with Crippen molar-refractivity contribution >= 4 is 5.96 Å². The third kappa shape index (κ3) is 5.05. The van der Waals surface area contributed by atoms with Crippen LogP contribution in [-0.4, -0.2) is 28.1 Å². The van der Waals surface area contributed by atoms with E-state index in [9.17, 15) is 4.39 Å². The van der Waals surface area contributed by atoms with E-state index in [0.29, 0.717) is 24.2 Å². The average Bonchev–Trinajstić information content (AvgIpc) is 2.98. The minimum Gasteiger partial charge on any atom is -0.357 e. The van der Waals surface area contributed by atoms with Crippen LogP contribution in [0.25, 0.3) is 5.69 Å². The van der Waals surface area contributed by atoms with Crippen molar-refractivity contribution in [2.75, 3.05) is 6.54 Å². The third-order valence-corrected chi connectivity index (χ3v) is 4.23. The first kappa shape index (κ1) is 19.0. The van der Waals surface area contributed by atoms with Gasteiger partial charge in [0.2, 0.25) is 0 Å². The van der Waals surface area contributed by atoms with Crippen molar-refractivity contribution in [1.29, 1.82) is 0 Å². The van der Waals surface area contributed by atoms with Gasteiger partial charge in [-0.25, -0.2) is 14.4 Å². The number of hydrogen-bond acceptors (Lipinski definition) is 2. The molecule has 0 aliphatic rings. The summed E-state index contributed by atoms with van der Waals surface area (Å²) in [5, 5.41) is 6.60. The number of nitrogens with one attached hydrogen (secondary N) is 2. The SMILES string of the molecule is CCNC(=NCc1ccc(-n2ccnc2C)c(F)c1)NC(C)C(C)C. The predicted octanol–water partition coefficient (Wildman–Crippen LogP) is 3.42. The number of imidazole rings is 1. The Balaban J connectivity index is 2.13. The van der Waals surface area contributed by atoms with E-state index in [4.69, 9.17) is 0 Å². The van der Waals surface area contributed by atoms with Gasteiger partial charge in [0, 0.05) is 25.0 Å². The Bertz CT molecular complexity index is 720. The number of aryl methyl sites for hydroxylation is 1. The highest BCUT2D eigenvalue weighted by Crippen LogP contribution is 2.17. The Morgan fingerprint density at radius 3 is 2.64 bits per heavy atom. The van der Waals surface area contributed by atoms with Gasteiger partial charge in [-0.05, 0) is 44.4 Å². The van der Waals surface area contributed by atoms with Gasteiger partial charge in [0.15, 0.2) is 5.96 Å². The maximum Gasteiger partial charge on any atom is 0.191 e. The maximum absolute atomic E-state index is 14.5. The fourth-order valence-electron chi connectivity index (χ4n) is 2.35. The molecule has 1 aromatic heterocycles. The fourth-order valence-corrected chi connectivity index (χ4v) is 2.35. The standard InChI is InChI=1S/C19H28FN5/c1-6-21-19(24-14(4)13(2)3)23-12-16-7-8-18(17(20)11-16)25-10-9-22-15(25)5/h7-11,13-14H,6,12H2,1-5H3,(H2,21,23,24). The molecule has 2 rings (SSSR count). The molecular formula is C19H28FN5. The number of aromatic nitrogens is 2. The second-order valence-electron chi connectivity index (χ2n) is 6.50. The minimum absolute atomic E-state index is 0.276. The van der Waals surface area contributed by atoms with Crippen molar-refractivity contribution in [1.82, 2.24) is 20.2 Å². The number of aliphatic imine (C=N–C) groups is 1. The summed E-state index contributed by atoms with van der Waals surface area (Å²) < 4.78 is 16.2. The van der Waals surface area contributed by atoms with Crippen LogP contribution in [0.4, 0.5) is 4.39 Å². The van der Waals surface area contributed by atoms with E-state index in [0.717, 1.165) is 23.9 Å². The van der Waals surface area contributed by atoms with Crippen LogP contribution < -0.4 is 10.6 Å². The van der Waals surface area contributed by atoms with Crippen molar-refractivity contribution in [3.63, 3.8) is 0 Å². The van der Waals surface area contributed by atoms with Gasteiger partial charge in [-0.1, -0.05) is 19.9 Å². The van der Waals surface area contributed by atoms with Gasteiger partial charge in [0.05, 0.1) is 12.2 Å². The first-order valence-electron chi connectivity index (χ1n) is 8.76. The van der Waals surface area contributed by atoms with Crippen molar-refractivity contribution in [2.45, 2.75) is 47.2 Å². The maximum atomic E-state index is 14.5. The van der Waals surface area contributed by atoms with Crippen LogP contribution >= 0.6 is 0 Å². The number of hydrogen-bond donors (Lipinski definition) is 2. The zero-order chi connectivity index (χ0) is 18.4. The predicted molar refractivity (Wildman–Crippen MR) is 101 cm³/mol. The van der Waals surface area contributed by atoms with Crippen molar-refractivity contribution in [3.8, 4) is 5.69 Å². The van der Waals surface area contributed by atoms with Gasteiger partial charge in [-0.2, -0.15) is 0 Å². The van der Waals surface area contributed by atoms with E-state index in [1.165, 1.54) is 6.07 Å². The second kappa shape index (κ2) is 8.65. The first-order valence-corrected chi connectivity index (χ1v) is 8.76. The number of halogens is 1. The summed E-state index contributed by atoms with van der Waals surface area (Å²) in [5.74, 6) is 1.73. The highest BCUT2D eigenvalue weighted by atomic mass is 19.1. The van der Waals surface area contributed by atoms with E-state index in [-0.39, 0.29) is 5.82 Å². The van der Waals surface area contributed by atoms with Gasteiger partial charge in [-0.15, -0.1) is 0 Å². The number of guanidine groups is 1. The van der Waals surface area contributed by atoms with Crippen LogP contribution in [0.1, 0.15) is 39.1 Å². The first-order chi connectivity index (χ1) is 11.9. The van der Waals surface area contributed by atoms with E-state index in [1.54, 1.807) is 23.0 Å². The Kier molecular flexibility index (Phi) is 6.56. The molecule has 2 aromatic rings. The molecule has 6 heteroatoms. The van der Waals surface area contributed by atoms with Crippen molar-refractivity contribution < 1.29 is 4.39 Å².